The average molecular weight is 408 g/mol. The van der Waals surface area contributed by atoms with Gasteiger partial charge in [0.2, 0.25) is 5.91 Å². The zero-order chi connectivity index (χ0) is 21.4. The van der Waals surface area contributed by atoms with E-state index < -0.39 is 30.2 Å². The van der Waals surface area contributed by atoms with Gasteiger partial charge in [0.15, 0.2) is 6.61 Å². The molecular formula is C20H19F3N2O4. The highest BCUT2D eigenvalue weighted by molar-refractivity contribution is 5.94. The average Bonchev–Trinajstić information content (AvgIpc) is 2.66. The zero-order valence-electron chi connectivity index (χ0n) is 15.5. The van der Waals surface area contributed by atoms with Crippen molar-refractivity contribution in [3.63, 3.8) is 0 Å². The van der Waals surface area contributed by atoms with Crippen LogP contribution in [0.1, 0.15) is 24.0 Å². The predicted octanol–water partition coefficient (Wildman–Crippen LogP) is 3.91. The molecule has 0 aromatic heterocycles. The van der Waals surface area contributed by atoms with Gasteiger partial charge in [-0.15, -0.1) is 0 Å². The van der Waals surface area contributed by atoms with Gasteiger partial charge in [-0.3, -0.25) is 14.4 Å². The molecular weight excluding hydrogens is 389 g/mol. The van der Waals surface area contributed by atoms with Gasteiger partial charge >= 0.3 is 12.1 Å². The van der Waals surface area contributed by atoms with Gasteiger partial charge in [0.25, 0.3) is 5.91 Å². The molecule has 2 N–H and O–H groups in total. The number of hydrogen-bond acceptors (Lipinski definition) is 4. The molecule has 6 nitrogen and oxygen atoms in total. The van der Waals surface area contributed by atoms with Crippen LogP contribution in [0.3, 0.4) is 0 Å². The fourth-order valence-corrected chi connectivity index (χ4v) is 2.26. The van der Waals surface area contributed by atoms with Crippen LogP contribution in [0, 0.1) is 6.92 Å². The number of nitrogens with one attached hydrogen (secondary N) is 2. The first-order chi connectivity index (χ1) is 13.6. The summed E-state index contributed by atoms with van der Waals surface area (Å²) in [5, 5.41) is 4.84. The second-order valence-electron chi connectivity index (χ2n) is 6.20. The molecule has 0 saturated carbocycles. The second-order valence-corrected chi connectivity index (χ2v) is 6.20. The number of ether oxygens (including phenoxy) is 1. The summed E-state index contributed by atoms with van der Waals surface area (Å²) in [5.41, 5.74) is 0.648. The van der Waals surface area contributed by atoms with Gasteiger partial charge in [-0.2, -0.15) is 13.2 Å². The van der Waals surface area contributed by atoms with Crippen molar-refractivity contribution in [3.8, 4) is 0 Å². The lowest BCUT2D eigenvalue weighted by Crippen LogP contribution is -2.22. The maximum atomic E-state index is 12.6. The smallest absolute Gasteiger partial charge is 0.416 e. The molecule has 2 rings (SSSR count). The first kappa shape index (κ1) is 21.9. The summed E-state index contributed by atoms with van der Waals surface area (Å²) in [4.78, 5) is 35.2. The quantitative estimate of drug-likeness (QED) is 0.681. The molecule has 0 spiro atoms. The third kappa shape index (κ3) is 7.65. The summed E-state index contributed by atoms with van der Waals surface area (Å²) in [5.74, 6) is -1.95. The van der Waals surface area contributed by atoms with Crippen molar-refractivity contribution in [2.45, 2.75) is 25.9 Å². The Kier molecular flexibility index (Phi) is 7.35. The van der Waals surface area contributed by atoms with Crippen LogP contribution in [0.25, 0.3) is 0 Å². The topological polar surface area (TPSA) is 84.5 Å². The molecule has 2 amide bonds. The molecule has 29 heavy (non-hydrogen) atoms. The molecule has 0 aliphatic carbocycles. The summed E-state index contributed by atoms with van der Waals surface area (Å²) < 4.78 is 42.7. The molecule has 0 aliphatic rings. The lowest BCUT2D eigenvalue weighted by atomic mass is 10.2. The van der Waals surface area contributed by atoms with E-state index in [1.807, 2.05) is 19.1 Å². The van der Waals surface area contributed by atoms with E-state index in [-0.39, 0.29) is 24.4 Å². The number of rotatable bonds is 7. The fourth-order valence-electron chi connectivity index (χ4n) is 2.26. The van der Waals surface area contributed by atoms with Gasteiger partial charge in [-0.05, 0) is 37.3 Å². The van der Waals surface area contributed by atoms with Crippen molar-refractivity contribution in [1.29, 1.82) is 0 Å². The van der Waals surface area contributed by atoms with Crippen LogP contribution < -0.4 is 10.6 Å². The van der Waals surface area contributed by atoms with Crippen molar-refractivity contribution in [2.24, 2.45) is 0 Å². The van der Waals surface area contributed by atoms with E-state index in [0.29, 0.717) is 5.69 Å². The van der Waals surface area contributed by atoms with Crippen molar-refractivity contribution in [3.05, 3.63) is 59.7 Å². The molecule has 9 heteroatoms. The van der Waals surface area contributed by atoms with Crippen LogP contribution in [-0.2, 0) is 25.3 Å². The molecule has 0 bridgehead atoms. The zero-order valence-corrected chi connectivity index (χ0v) is 15.5. The van der Waals surface area contributed by atoms with Gasteiger partial charge in [-0.1, -0.05) is 23.8 Å². The summed E-state index contributed by atoms with van der Waals surface area (Å²) in [6.07, 6.45) is -4.91. The molecule has 0 saturated heterocycles. The Hall–Kier alpha value is -3.36. The molecule has 0 radical (unpaired) electrons. The summed E-state index contributed by atoms with van der Waals surface area (Å²) in [6.45, 7) is 1.24. The van der Waals surface area contributed by atoms with Crippen LogP contribution in [0.15, 0.2) is 48.5 Å². The Morgan fingerprint density at radius 2 is 1.55 bits per heavy atom. The SMILES string of the molecule is Cc1ccc(NC(=O)CCC(=O)OCC(=O)Nc2cccc(C(F)(F)F)c2)cc1. The normalized spacial score (nSPS) is 10.9. The van der Waals surface area contributed by atoms with Crippen molar-refractivity contribution in [2.75, 3.05) is 17.2 Å². The van der Waals surface area contributed by atoms with Crippen LogP contribution in [0.2, 0.25) is 0 Å². The first-order valence-electron chi connectivity index (χ1n) is 8.63. The Labute approximate surface area is 165 Å². The van der Waals surface area contributed by atoms with E-state index in [1.54, 1.807) is 12.1 Å². The highest BCUT2D eigenvalue weighted by Crippen LogP contribution is 2.30. The molecule has 0 heterocycles. The number of alkyl halides is 3. The third-order valence-corrected chi connectivity index (χ3v) is 3.73. The number of amides is 2. The molecule has 0 aliphatic heterocycles. The number of hydrogen-bond donors (Lipinski definition) is 2. The van der Waals surface area contributed by atoms with E-state index in [9.17, 15) is 27.6 Å². The van der Waals surface area contributed by atoms with Crippen LogP contribution >= 0.6 is 0 Å². The second kappa shape index (κ2) is 9.72. The van der Waals surface area contributed by atoms with E-state index in [4.69, 9.17) is 4.74 Å². The molecule has 0 fully saturated rings. The molecule has 154 valence electrons. The Balaban J connectivity index is 1.72. The van der Waals surface area contributed by atoms with Gasteiger partial charge < -0.3 is 15.4 Å². The number of halogens is 3. The lowest BCUT2D eigenvalue weighted by Gasteiger charge is -2.10. The van der Waals surface area contributed by atoms with Crippen LogP contribution in [0.4, 0.5) is 24.5 Å². The summed E-state index contributed by atoms with van der Waals surface area (Å²) in [6, 6.07) is 11.2. The number of carbonyl (C=O) groups excluding carboxylic acids is 3. The number of esters is 1. The van der Waals surface area contributed by atoms with Crippen molar-refractivity contribution < 1.29 is 32.3 Å². The fraction of sp³-hybridized carbons (Fsp3) is 0.250. The largest absolute Gasteiger partial charge is 0.456 e. The maximum absolute atomic E-state index is 12.6. The van der Waals surface area contributed by atoms with Crippen LogP contribution in [-0.4, -0.2) is 24.4 Å². The Morgan fingerprint density at radius 3 is 2.21 bits per heavy atom. The molecule has 0 unspecified atom stereocenters. The number of anilines is 2. The molecule has 2 aromatic carbocycles. The highest BCUT2D eigenvalue weighted by Gasteiger charge is 2.30. The van der Waals surface area contributed by atoms with Crippen molar-refractivity contribution in [1.82, 2.24) is 0 Å². The Bertz CT molecular complexity index is 880. The van der Waals surface area contributed by atoms with Crippen LogP contribution in [0.5, 0.6) is 0 Å². The third-order valence-electron chi connectivity index (χ3n) is 3.73. The molecule has 2 aromatic rings. The minimum Gasteiger partial charge on any atom is -0.456 e. The maximum Gasteiger partial charge on any atom is 0.416 e. The van der Waals surface area contributed by atoms with Gasteiger partial charge in [0.05, 0.1) is 12.0 Å². The van der Waals surface area contributed by atoms with Gasteiger partial charge in [0.1, 0.15) is 0 Å². The van der Waals surface area contributed by atoms with Crippen molar-refractivity contribution >= 4 is 29.2 Å². The predicted molar refractivity (Wildman–Crippen MR) is 100 cm³/mol. The number of carbonyl (C=O) groups is 3. The van der Waals surface area contributed by atoms with Gasteiger partial charge in [0, 0.05) is 17.8 Å². The first-order valence-corrected chi connectivity index (χ1v) is 8.63. The Morgan fingerprint density at radius 1 is 0.897 bits per heavy atom. The monoisotopic (exact) mass is 408 g/mol. The van der Waals surface area contributed by atoms with E-state index in [0.717, 1.165) is 23.8 Å². The number of benzene rings is 2. The number of aryl methyl sites for hydroxylation is 1. The van der Waals surface area contributed by atoms with E-state index >= 15 is 0 Å². The summed E-state index contributed by atoms with van der Waals surface area (Å²) >= 11 is 0. The molecule has 0 atom stereocenters. The standard InChI is InChI=1S/C20H19F3N2O4/c1-13-5-7-15(8-6-13)24-17(26)9-10-19(28)29-12-18(27)25-16-4-2-3-14(11-16)20(21,22)23/h2-8,11H,9-10,12H2,1H3,(H,24,26)(H,25,27). The highest BCUT2D eigenvalue weighted by atomic mass is 19.4. The van der Waals surface area contributed by atoms with E-state index in [2.05, 4.69) is 10.6 Å². The minimum absolute atomic E-state index is 0.0710. The van der Waals surface area contributed by atoms with Gasteiger partial charge in [-0.25, -0.2) is 0 Å². The lowest BCUT2D eigenvalue weighted by molar-refractivity contribution is -0.147. The van der Waals surface area contributed by atoms with E-state index in [1.165, 1.54) is 6.07 Å². The minimum atomic E-state index is -4.54. The summed E-state index contributed by atoms with van der Waals surface area (Å²) in [7, 11) is 0.